The molecule has 2 aromatic rings. The highest BCUT2D eigenvalue weighted by Crippen LogP contribution is 2.34. The van der Waals surface area contributed by atoms with E-state index in [1.54, 1.807) is 7.11 Å². The minimum atomic E-state index is 0.154. The molecule has 0 saturated heterocycles. The maximum Gasteiger partial charge on any atom is 0.230 e. The number of nitrogens with zero attached hydrogens (tertiary/aromatic N) is 3. The molecule has 0 radical (unpaired) electrons. The Hall–Kier alpha value is -3.02. The normalized spacial score (nSPS) is 17.3. The summed E-state index contributed by atoms with van der Waals surface area (Å²) >= 11 is 0. The molecule has 194 valence electrons. The van der Waals surface area contributed by atoms with Crippen LogP contribution in [0.3, 0.4) is 0 Å². The predicted octanol–water partition coefficient (Wildman–Crippen LogP) is 5.65. The summed E-state index contributed by atoms with van der Waals surface area (Å²) < 4.78 is 5.50. The van der Waals surface area contributed by atoms with Gasteiger partial charge < -0.3 is 19.4 Å². The smallest absolute Gasteiger partial charge is 0.230 e. The first-order valence-corrected chi connectivity index (χ1v) is 13.6. The highest BCUT2D eigenvalue weighted by atomic mass is 16.5. The van der Waals surface area contributed by atoms with E-state index < -0.39 is 0 Å². The van der Waals surface area contributed by atoms with Gasteiger partial charge in [-0.05, 0) is 49.4 Å². The van der Waals surface area contributed by atoms with E-state index in [0.717, 1.165) is 74.3 Å². The Balaban J connectivity index is 1.50. The number of anilines is 2. The minimum absolute atomic E-state index is 0.154. The van der Waals surface area contributed by atoms with Crippen LogP contribution in [-0.4, -0.2) is 50.5 Å². The Morgan fingerprint density at radius 1 is 0.917 bits per heavy atom. The van der Waals surface area contributed by atoms with Crippen LogP contribution in [0.4, 0.5) is 11.4 Å². The van der Waals surface area contributed by atoms with Crippen LogP contribution in [0.2, 0.25) is 0 Å². The predicted molar refractivity (Wildman–Crippen MR) is 146 cm³/mol. The first-order chi connectivity index (χ1) is 17.6. The zero-order chi connectivity index (χ0) is 25.3. The molecule has 0 N–H and O–H groups in total. The molecule has 0 bridgehead atoms. The van der Waals surface area contributed by atoms with Gasteiger partial charge >= 0.3 is 0 Å². The summed E-state index contributed by atoms with van der Waals surface area (Å²) in [5.74, 6) is 1.40. The third-order valence-corrected chi connectivity index (χ3v) is 7.41. The Bertz CT molecular complexity index is 1020. The Morgan fingerprint density at radius 3 is 2.33 bits per heavy atom. The van der Waals surface area contributed by atoms with Crippen molar-refractivity contribution >= 4 is 23.2 Å². The lowest BCUT2D eigenvalue weighted by atomic mass is 10.1. The quantitative estimate of drug-likeness (QED) is 0.524. The zero-order valence-electron chi connectivity index (χ0n) is 22.0. The Labute approximate surface area is 216 Å². The van der Waals surface area contributed by atoms with Gasteiger partial charge in [0.15, 0.2) is 0 Å². The van der Waals surface area contributed by atoms with Crippen LogP contribution >= 0.6 is 0 Å². The van der Waals surface area contributed by atoms with Crippen LogP contribution in [0.15, 0.2) is 48.5 Å². The molecule has 1 saturated carbocycles. The summed E-state index contributed by atoms with van der Waals surface area (Å²) in [4.78, 5) is 32.8. The van der Waals surface area contributed by atoms with Crippen molar-refractivity contribution < 1.29 is 14.3 Å². The number of ether oxygens (including phenoxy) is 1. The van der Waals surface area contributed by atoms with Gasteiger partial charge in [0.25, 0.3) is 0 Å². The lowest BCUT2D eigenvalue weighted by Gasteiger charge is -2.29. The molecule has 2 aliphatic rings. The highest BCUT2D eigenvalue weighted by molar-refractivity contribution is 5.97. The van der Waals surface area contributed by atoms with E-state index >= 15 is 0 Å². The van der Waals surface area contributed by atoms with Crippen molar-refractivity contribution in [2.75, 3.05) is 43.6 Å². The van der Waals surface area contributed by atoms with Crippen molar-refractivity contribution in [1.29, 1.82) is 0 Å². The van der Waals surface area contributed by atoms with Crippen molar-refractivity contribution in [2.24, 2.45) is 5.92 Å². The van der Waals surface area contributed by atoms with Crippen molar-refractivity contribution in [3.63, 3.8) is 0 Å². The molecule has 2 amide bonds. The molecule has 1 fully saturated rings. The maximum absolute atomic E-state index is 13.5. The number of amides is 2. The number of benzene rings is 2. The van der Waals surface area contributed by atoms with Gasteiger partial charge in [-0.2, -0.15) is 0 Å². The molecule has 1 heterocycles. The highest BCUT2D eigenvalue weighted by Gasteiger charge is 2.34. The first kappa shape index (κ1) is 26.1. The molecule has 6 nitrogen and oxygen atoms in total. The summed E-state index contributed by atoms with van der Waals surface area (Å²) in [7, 11) is 3.67. The molecule has 1 aliphatic carbocycles. The van der Waals surface area contributed by atoms with E-state index in [4.69, 9.17) is 4.74 Å². The molecular formula is C30H41N3O3. The Kier molecular flexibility index (Phi) is 9.26. The zero-order valence-corrected chi connectivity index (χ0v) is 22.0. The number of carbonyl (C=O) groups excluding carboxylic acids is 2. The monoisotopic (exact) mass is 491 g/mol. The fourth-order valence-corrected chi connectivity index (χ4v) is 5.07. The number of methoxy groups -OCH3 is 1. The van der Waals surface area contributed by atoms with Gasteiger partial charge in [0, 0.05) is 51.3 Å². The number of hydrogen-bond donors (Lipinski definition) is 0. The van der Waals surface area contributed by atoms with Crippen molar-refractivity contribution in [3.05, 3.63) is 54.1 Å². The van der Waals surface area contributed by atoms with E-state index in [2.05, 4.69) is 17.0 Å². The van der Waals surface area contributed by atoms with Crippen molar-refractivity contribution in [3.8, 4) is 5.75 Å². The van der Waals surface area contributed by atoms with Crippen molar-refractivity contribution in [1.82, 2.24) is 4.90 Å². The SMILES string of the molecule is COc1ccccc1N(C)CCC(=O)N1CCCCCCCCN(C(=O)C2CC2)c2ccccc2C1. The summed E-state index contributed by atoms with van der Waals surface area (Å²) in [6.45, 7) is 2.68. The number of fused-ring (bicyclic) bond motifs is 1. The van der Waals surface area contributed by atoms with Crippen LogP contribution in [0.5, 0.6) is 5.75 Å². The Morgan fingerprint density at radius 2 is 1.58 bits per heavy atom. The summed E-state index contributed by atoms with van der Waals surface area (Å²) in [5, 5.41) is 0. The third kappa shape index (κ3) is 6.80. The molecule has 4 rings (SSSR count). The van der Waals surface area contributed by atoms with Gasteiger partial charge in [0.1, 0.15) is 5.75 Å². The molecule has 0 atom stereocenters. The van der Waals surface area contributed by atoms with Crippen LogP contribution in [0.1, 0.15) is 63.4 Å². The van der Waals surface area contributed by atoms with E-state index in [1.807, 2.05) is 53.2 Å². The molecule has 2 aromatic carbocycles. The van der Waals surface area contributed by atoms with Crippen LogP contribution < -0.4 is 14.5 Å². The van der Waals surface area contributed by atoms with Gasteiger partial charge in [-0.15, -0.1) is 0 Å². The molecule has 36 heavy (non-hydrogen) atoms. The third-order valence-electron chi connectivity index (χ3n) is 7.41. The number of para-hydroxylation sites is 3. The van der Waals surface area contributed by atoms with Crippen LogP contribution in [0.25, 0.3) is 0 Å². The first-order valence-electron chi connectivity index (χ1n) is 13.6. The second-order valence-corrected chi connectivity index (χ2v) is 10.2. The lowest BCUT2D eigenvalue weighted by Crippen LogP contribution is -2.36. The van der Waals surface area contributed by atoms with Crippen LogP contribution in [0, 0.1) is 5.92 Å². The van der Waals surface area contributed by atoms with E-state index in [1.165, 1.54) is 12.8 Å². The average Bonchev–Trinajstić information content (AvgIpc) is 3.75. The lowest BCUT2D eigenvalue weighted by molar-refractivity contribution is -0.131. The largest absolute Gasteiger partial charge is 0.495 e. The number of rotatable bonds is 6. The summed E-state index contributed by atoms with van der Waals surface area (Å²) in [6.07, 6.45) is 9.13. The maximum atomic E-state index is 13.5. The van der Waals surface area contributed by atoms with E-state index in [-0.39, 0.29) is 17.7 Å². The second kappa shape index (κ2) is 12.8. The molecule has 0 aromatic heterocycles. The standard InChI is InChI=1S/C30H41N3O3/c1-31(27-15-9-10-16-28(27)36-2)22-19-29(34)32-20-11-5-3-4-6-12-21-33(30(35)24-17-18-24)26-14-8-7-13-25(26)23-32/h7-10,13-16,24H,3-6,11-12,17-23H2,1-2H3. The van der Waals surface area contributed by atoms with E-state index in [9.17, 15) is 9.59 Å². The van der Waals surface area contributed by atoms with E-state index in [0.29, 0.717) is 19.5 Å². The fourth-order valence-electron chi connectivity index (χ4n) is 5.07. The fraction of sp³-hybridized carbons (Fsp3) is 0.533. The van der Waals surface area contributed by atoms with Gasteiger partial charge in [-0.25, -0.2) is 0 Å². The van der Waals surface area contributed by atoms with Crippen molar-refractivity contribution in [2.45, 2.75) is 64.3 Å². The molecule has 0 spiro atoms. The summed E-state index contributed by atoms with van der Waals surface area (Å²) in [5.41, 5.74) is 3.03. The summed E-state index contributed by atoms with van der Waals surface area (Å²) in [6, 6.07) is 16.1. The van der Waals surface area contributed by atoms with Gasteiger partial charge in [0.05, 0.1) is 12.8 Å². The van der Waals surface area contributed by atoms with Gasteiger partial charge in [-0.1, -0.05) is 56.0 Å². The molecule has 0 unspecified atom stereocenters. The van der Waals surface area contributed by atoms with Gasteiger partial charge in [-0.3, -0.25) is 9.59 Å². The molecular weight excluding hydrogens is 450 g/mol. The number of hydrogen-bond acceptors (Lipinski definition) is 4. The van der Waals surface area contributed by atoms with Gasteiger partial charge in [0.2, 0.25) is 11.8 Å². The van der Waals surface area contributed by atoms with Crippen LogP contribution in [-0.2, 0) is 16.1 Å². The topological polar surface area (TPSA) is 53.1 Å². The second-order valence-electron chi connectivity index (χ2n) is 10.2. The average molecular weight is 492 g/mol. The molecule has 1 aliphatic heterocycles. The molecule has 6 heteroatoms. The minimum Gasteiger partial charge on any atom is -0.495 e. The number of carbonyl (C=O) groups is 2.